The highest BCUT2D eigenvalue weighted by molar-refractivity contribution is 6.01. The molecule has 0 radical (unpaired) electrons. The van der Waals surface area contributed by atoms with E-state index >= 15 is 0 Å². The molecule has 25 heavy (non-hydrogen) atoms. The van der Waals surface area contributed by atoms with Crippen LogP contribution in [0.5, 0.6) is 0 Å². The summed E-state index contributed by atoms with van der Waals surface area (Å²) in [5.74, 6) is -1.62. The molecule has 0 bridgehead atoms. The van der Waals surface area contributed by atoms with E-state index in [4.69, 9.17) is 10.5 Å². The number of allylic oxidation sites excluding steroid dienone is 2. The number of aromatic nitrogens is 2. The predicted molar refractivity (Wildman–Crippen MR) is 92.4 cm³/mol. The van der Waals surface area contributed by atoms with Gasteiger partial charge in [0.2, 0.25) is 5.78 Å². The van der Waals surface area contributed by atoms with Crippen LogP contribution in [0.15, 0.2) is 21.7 Å². The highest BCUT2D eigenvalue weighted by Crippen LogP contribution is 2.19. The van der Waals surface area contributed by atoms with Crippen LogP contribution in [0.4, 0.5) is 5.82 Å². The Morgan fingerprint density at radius 2 is 2.04 bits per heavy atom. The molecule has 0 unspecified atom stereocenters. The van der Waals surface area contributed by atoms with Crippen LogP contribution < -0.4 is 17.0 Å². The number of anilines is 1. The highest BCUT2D eigenvalue weighted by Gasteiger charge is 2.25. The fraction of sp³-hybridized carbons (Fsp3) is 0.529. The van der Waals surface area contributed by atoms with Gasteiger partial charge in [-0.3, -0.25) is 23.5 Å². The Hall–Kier alpha value is -2.64. The van der Waals surface area contributed by atoms with Gasteiger partial charge in [0.25, 0.3) is 5.56 Å². The zero-order valence-corrected chi connectivity index (χ0v) is 14.5. The Morgan fingerprint density at radius 3 is 2.64 bits per heavy atom. The molecule has 8 nitrogen and oxygen atoms in total. The number of carbonyl (C=O) groups excluding carboxylic acids is 2. The third-order valence-corrected chi connectivity index (χ3v) is 4.26. The number of nitrogen functional groups attached to an aromatic ring is 1. The Kier molecular flexibility index (Phi) is 5.95. The molecule has 0 amide bonds. The van der Waals surface area contributed by atoms with E-state index in [9.17, 15) is 19.2 Å². The summed E-state index contributed by atoms with van der Waals surface area (Å²) in [6.45, 7) is 1.56. The van der Waals surface area contributed by atoms with Crippen LogP contribution in [-0.2, 0) is 23.1 Å². The average Bonchev–Trinajstić information content (AvgIpc) is 2.62. The molecule has 0 aromatic carbocycles. The van der Waals surface area contributed by atoms with Crippen LogP contribution >= 0.6 is 0 Å². The van der Waals surface area contributed by atoms with Gasteiger partial charge in [0.15, 0.2) is 6.61 Å². The lowest BCUT2D eigenvalue weighted by Crippen LogP contribution is -2.43. The summed E-state index contributed by atoms with van der Waals surface area (Å²) in [5.41, 5.74) is 4.20. The number of esters is 1. The molecule has 0 spiro atoms. The van der Waals surface area contributed by atoms with E-state index in [0.29, 0.717) is 19.3 Å². The van der Waals surface area contributed by atoms with E-state index < -0.39 is 29.6 Å². The molecule has 2 N–H and O–H groups in total. The van der Waals surface area contributed by atoms with E-state index in [-0.39, 0.29) is 23.8 Å². The average molecular weight is 349 g/mol. The first-order valence-electron chi connectivity index (χ1n) is 8.32. The van der Waals surface area contributed by atoms with E-state index in [1.165, 1.54) is 11.6 Å². The van der Waals surface area contributed by atoms with Gasteiger partial charge in [0.05, 0.1) is 5.92 Å². The van der Waals surface area contributed by atoms with Crippen LogP contribution in [-0.4, -0.2) is 27.5 Å². The van der Waals surface area contributed by atoms with Crippen molar-refractivity contribution in [1.29, 1.82) is 0 Å². The topological polar surface area (TPSA) is 113 Å². The van der Waals surface area contributed by atoms with Crippen molar-refractivity contribution in [2.75, 3.05) is 12.3 Å². The molecule has 136 valence electrons. The van der Waals surface area contributed by atoms with Gasteiger partial charge in [0.1, 0.15) is 11.4 Å². The normalized spacial score (nSPS) is 16.6. The van der Waals surface area contributed by atoms with Crippen LogP contribution in [0.2, 0.25) is 0 Å². The standard InChI is InChI=1S/C17H23N3O5/c1-3-9-20-14(18)13(15(22)19(2)17(20)24)12(21)10-25-16(23)11-7-5-4-6-8-11/h4-5,11H,3,6-10,18H2,1-2H3/t11-/m0/s1. The van der Waals surface area contributed by atoms with Crippen molar-refractivity contribution in [3.63, 3.8) is 0 Å². The number of ketones is 1. The number of rotatable bonds is 6. The number of Topliss-reactive ketones (excluding diaryl/α,β-unsaturated/α-hetero) is 1. The van der Waals surface area contributed by atoms with Gasteiger partial charge in [-0.05, 0) is 25.7 Å². The van der Waals surface area contributed by atoms with Crippen molar-refractivity contribution in [1.82, 2.24) is 9.13 Å². The van der Waals surface area contributed by atoms with Crippen molar-refractivity contribution in [2.45, 2.75) is 39.2 Å². The van der Waals surface area contributed by atoms with Gasteiger partial charge in [-0.15, -0.1) is 0 Å². The number of hydrogen-bond acceptors (Lipinski definition) is 6. The number of nitrogens with zero attached hydrogens (tertiary/aromatic N) is 2. The predicted octanol–water partition coefficient (Wildman–Crippen LogP) is 0.621. The first kappa shape index (κ1) is 18.7. The van der Waals surface area contributed by atoms with E-state index in [0.717, 1.165) is 11.0 Å². The molecule has 0 saturated heterocycles. The molecule has 1 atom stereocenters. The molecule has 0 fully saturated rings. The zero-order chi connectivity index (χ0) is 18.6. The lowest BCUT2D eigenvalue weighted by atomic mass is 9.95. The molecule has 2 rings (SSSR count). The monoisotopic (exact) mass is 349 g/mol. The second kappa shape index (κ2) is 7.96. The minimum absolute atomic E-state index is 0.184. The molecule has 8 heteroatoms. The fourth-order valence-corrected chi connectivity index (χ4v) is 2.82. The third-order valence-electron chi connectivity index (χ3n) is 4.26. The lowest BCUT2D eigenvalue weighted by Gasteiger charge is -2.17. The fourth-order valence-electron chi connectivity index (χ4n) is 2.82. The molecular weight excluding hydrogens is 326 g/mol. The van der Waals surface area contributed by atoms with Gasteiger partial charge >= 0.3 is 11.7 Å². The largest absolute Gasteiger partial charge is 0.457 e. The maximum Gasteiger partial charge on any atom is 0.332 e. The minimum Gasteiger partial charge on any atom is -0.457 e. The molecule has 1 aromatic heterocycles. The van der Waals surface area contributed by atoms with Gasteiger partial charge in [0, 0.05) is 13.6 Å². The second-order valence-corrected chi connectivity index (χ2v) is 6.07. The molecule has 1 heterocycles. The van der Waals surface area contributed by atoms with E-state index in [2.05, 4.69) is 0 Å². The number of nitrogens with two attached hydrogens (primary N) is 1. The third kappa shape index (κ3) is 3.89. The first-order chi connectivity index (χ1) is 11.9. The van der Waals surface area contributed by atoms with Crippen LogP contribution in [0, 0.1) is 5.92 Å². The van der Waals surface area contributed by atoms with E-state index in [1.807, 2.05) is 19.1 Å². The van der Waals surface area contributed by atoms with Gasteiger partial charge in [-0.25, -0.2) is 4.79 Å². The summed E-state index contributed by atoms with van der Waals surface area (Å²) in [4.78, 5) is 48.8. The molecule has 1 aliphatic rings. The van der Waals surface area contributed by atoms with Crippen LogP contribution in [0.1, 0.15) is 43.0 Å². The SMILES string of the molecule is CCCn1c(N)c(C(=O)COC(=O)[C@H]2CC=CCC2)c(=O)n(C)c1=O. The lowest BCUT2D eigenvalue weighted by molar-refractivity contribution is -0.147. The minimum atomic E-state index is -0.781. The summed E-state index contributed by atoms with van der Waals surface area (Å²) in [6.07, 6.45) is 6.57. The summed E-state index contributed by atoms with van der Waals surface area (Å²) in [6, 6.07) is 0. The van der Waals surface area contributed by atoms with Crippen molar-refractivity contribution in [3.8, 4) is 0 Å². The summed E-state index contributed by atoms with van der Waals surface area (Å²) in [5, 5.41) is 0. The maximum atomic E-state index is 12.4. The van der Waals surface area contributed by atoms with Gasteiger partial charge in [-0.2, -0.15) is 0 Å². The molecular formula is C17H23N3O5. The van der Waals surface area contributed by atoms with Crippen molar-refractivity contribution in [3.05, 3.63) is 38.6 Å². The highest BCUT2D eigenvalue weighted by atomic mass is 16.5. The summed E-state index contributed by atoms with van der Waals surface area (Å²) >= 11 is 0. The van der Waals surface area contributed by atoms with Crippen molar-refractivity contribution >= 4 is 17.6 Å². The zero-order valence-electron chi connectivity index (χ0n) is 14.5. The van der Waals surface area contributed by atoms with Gasteiger partial charge in [-0.1, -0.05) is 19.1 Å². The Labute approximate surface area is 144 Å². The first-order valence-corrected chi connectivity index (χ1v) is 8.32. The quantitative estimate of drug-likeness (QED) is 0.457. The van der Waals surface area contributed by atoms with E-state index in [1.54, 1.807) is 0 Å². The maximum absolute atomic E-state index is 12.4. The summed E-state index contributed by atoms with van der Waals surface area (Å²) in [7, 11) is 1.29. The van der Waals surface area contributed by atoms with Crippen molar-refractivity contribution < 1.29 is 14.3 Å². The number of carbonyl (C=O) groups is 2. The van der Waals surface area contributed by atoms with Crippen molar-refractivity contribution in [2.24, 2.45) is 13.0 Å². The molecule has 0 saturated carbocycles. The number of ether oxygens (including phenoxy) is 1. The second-order valence-electron chi connectivity index (χ2n) is 6.07. The smallest absolute Gasteiger partial charge is 0.332 e. The summed E-state index contributed by atoms with van der Waals surface area (Å²) < 4.78 is 7.09. The van der Waals surface area contributed by atoms with Gasteiger partial charge < -0.3 is 10.5 Å². The Morgan fingerprint density at radius 1 is 1.32 bits per heavy atom. The molecule has 0 aliphatic heterocycles. The Balaban J connectivity index is 2.21. The number of hydrogen-bond donors (Lipinski definition) is 1. The van der Waals surface area contributed by atoms with Crippen LogP contribution in [0.3, 0.4) is 0 Å². The Bertz CT molecular complexity index is 819. The molecule has 1 aliphatic carbocycles. The van der Waals surface area contributed by atoms with Crippen LogP contribution in [0.25, 0.3) is 0 Å². The molecule has 1 aromatic rings.